The molecule has 9 heterocycles. The van der Waals surface area contributed by atoms with Crippen LogP contribution in [-0.2, 0) is 5.41 Å². The summed E-state index contributed by atoms with van der Waals surface area (Å²) in [5.74, 6) is 3.33. The zero-order valence-corrected chi connectivity index (χ0v) is 68.1. The van der Waals surface area contributed by atoms with E-state index in [1.54, 1.807) is 24.0 Å². The van der Waals surface area contributed by atoms with Crippen LogP contribution in [0.1, 0.15) is 25.0 Å². The van der Waals surface area contributed by atoms with Crippen LogP contribution in [0.25, 0.3) is 203 Å². The zero-order valence-electron chi connectivity index (χ0n) is 65.5. The van der Waals surface area contributed by atoms with Gasteiger partial charge in [-0.1, -0.05) is 245 Å². The molecular weight excluding hydrogens is 1510 g/mol. The van der Waals surface area contributed by atoms with Crippen LogP contribution in [0.15, 0.2) is 351 Å². The second kappa shape index (κ2) is 28.4. The standard InChI is InChI=1S/C36H28N4SSi.C36H26N4.C31H18N4OS/c1-42(2,3)26-15-17-27-28-18-19-30-33(34(28)41-32(27)21-26)29-16-14-24(20-31(29)40(30)25-12-8-5-9-13-25)36-38-22-37-35(39-36)23-10-6-4-7-11-23;1-36(2)29-16-10-9-15-26(29)27-19-20-30-32(33(27)36)28-18-17-24(21-31(28)40(30)25-13-7-4-8-14-25)35-38-22-37-34(39-35)23-11-5-3-6-12-23;1-2-5-21(6-3-1)35-25-12-11-22-24-15-19(28-7-4-14-37-28)9-13-27(24)36-30(22)29(25)23-10-8-20(16-26(23)35)31-33-17-32-18-34-31/h4-22H,1-3H3;3-22H,1-2H3;1-18H. The molecule has 0 unspecified atom stereocenters. The molecule has 0 saturated heterocycles. The van der Waals surface area contributed by atoms with Crippen molar-refractivity contribution < 1.29 is 4.42 Å². The molecule has 24 rings (SSSR count). The van der Waals surface area contributed by atoms with Crippen LogP contribution in [0.2, 0.25) is 19.6 Å². The number of furan rings is 1. The smallest absolute Gasteiger partial charge is 0.163 e. The Balaban J connectivity index is 0.000000108. The van der Waals surface area contributed by atoms with E-state index in [0.29, 0.717) is 29.1 Å². The third kappa shape index (κ3) is 12.0. The number of fused-ring (bicyclic) bond motifs is 21. The van der Waals surface area contributed by atoms with E-state index in [4.69, 9.17) is 14.4 Å². The molecule has 0 amide bonds. The molecule has 119 heavy (non-hydrogen) atoms. The Kier molecular flexibility index (Phi) is 17.0. The van der Waals surface area contributed by atoms with Gasteiger partial charge in [0.25, 0.3) is 0 Å². The maximum atomic E-state index is 6.57. The van der Waals surface area contributed by atoms with Crippen molar-refractivity contribution in [3.63, 3.8) is 0 Å². The van der Waals surface area contributed by atoms with Gasteiger partial charge in [-0.05, 0) is 142 Å². The van der Waals surface area contributed by atoms with E-state index < -0.39 is 8.07 Å². The van der Waals surface area contributed by atoms with Gasteiger partial charge < -0.3 is 18.1 Å². The van der Waals surface area contributed by atoms with E-state index in [2.05, 4.69) is 336 Å². The van der Waals surface area contributed by atoms with E-state index >= 15 is 0 Å². The lowest BCUT2D eigenvalue weighted by Gasteiger charge is -2.22. The van der Waals surface area contributed by atoms with Crippen LogP contribution in [0.5, 0.6) is 0 Å². The molecule has 9 aromatic heterocycles. The molecule has 23 aromatic rings. The van der Waals surface area contributed by atoms with Crippen LogP contribution in [-0.4, -0.2) is 66.6 Å². The average Bonchev–Trinajstić information content (AvgIpc) is 1.57. The van der Waals surface area contributed by atoms with E-state index in [1.165, 1.54) is 103 Å². The first-order valence-electron chi connectivity index (χ1n) is 39.8. The first-order valence-corrected chi connectivity index (χ1v) is 45.0. The number of benzene rings is 14. The minimum absolute atomic E-state index is 0.112. The summed E-state index contributed by atoms with van der Waals surface area (Å²) in [7, 11) is -1.42. The van der Waals surface area contributed by atoms with Crippen LogP contribution >= 0.6 is 22.7 Å². The summed E-state index contributed by atoms with van der Waals surface area (Å²) in [5, 5.41) is 15.8. The highest BCUT2D eigenvalue weighted by molar-refractivity contribution is 7.27. The van der Waals surface area contributed by atoms with E-state index in [9.17, 15) is 0 Å². The van der Waals surface area contributed by atoms with Gasteiger partial charge in [0.05, 0.1) is 46.6 Å². The number of para-hydroxylation sites is 3. The molecule has 14 aromatic carbocycles. The highest BCUT2D eigenvalue weighted by atomic mass is 32.1. The van der Waals surface area contributed by atoms with Gasteiger partial charge in [0, 0.05) is 113 Å². The number of thiophene rings is 2. The van der Waals surface area contributed by atoms with Crippen molar-refractivity contribution in [1.82, 2.24) is 58.6 Å². The lowest BCUT2D eigenvalue weighted by Crippen LogP contribution is -2.37. The fourth-order valence-electron chi connectivity index (χ4n) is 17.8. The molecule has 0 N–H and O–H groups in total. The van der Waals surface area contributed by atoms with E-state index in [-0.39, 0.29) is 5.41 Å². The summed E-state index contributed by atoms with van der Waals surface area (Å²) in [6.45, 7) is 12.0. The van der Waals surface area contributed by atoms with Crippen molar-refractivity contribution in [2.45, 2.75) is 38.9 Å². The zero-order chi connectivity index (χ0) is 79.6. The molecule has 0 spiro atoms. The Morgan fingerprint density at radius 1 is 0.336 bits per heavy atom. The summed E-state index contributed by atoms with van der Waals surface area (Å²) in [4.78, 5) is 41.7. The van der Waals surface area contributed by atoms with Crippen LogP contribution < -0.4 is 5.19 Å². The van der Waals surface area contributed by atoms with Gasteiger partial charge in [-0.15, -0.1) is 22.7 Å². The molecule has 0 fully saturated rings. The Morgan fingerprint density at radius 2 is 0.798 bits per heavy atom. The minimum Gasteiger partial charge on any atom is -0.455 e. The number of nitrogens with zero attached hydrogens (tertiary/aromatic N) is 12. The van der Waals surface area contributed by atoms with Crippen LogP contribution in [0.4, 0.5) is 0 Å². The molecular formula is C103H72N12OS2Si. The van der Waals surface area contributed by atoms with Gasteiger partial charge in [0.2, 0.25) is 0 Å². The molecule has 0 aliphatic heterocycles. The quantitative estimate of drug-likeness (QED) is 0.121. The fraction of sp³-hybridized carbons (Fsp3) is 0.0583. The van der Waals surface area contributed by atoms with Gasteiger partial charge in [-0.3, -0.25) is 0 Å². The molecule has 0 atom stereocenters. The Bertz CT molecular complexity index is 7920. The molecule has 0 radical (unpaired) electrons. The maximum Gasteiger partial charge on any atom is 0.163 e. The van der Waals surface area contributed by atoms with E-state index in [0.717, 1.165) is 99.7 Å². The first kappa shape index (κ1) is 71.0. The van der Waals surface area contributed by atoms with E-state index in [1.807, 2.05) is 78.1 Å². The fourth-order valence-corrected chi connectivity index (χ4v) is 21.1. The highest BCUT2D eigenvalue weighted by Crippen LogP contribution is 2.54. The largest absolute Gasteiger partial charge is 0.455 e. The molecule has 1 aliphatic carbocycles. The normalized spacial score (nSPS) is 12.5. The Hall–Kier alpha value is -14.6. The number of rotatable bonds is 10. The predicted octanol–water partition coefficient (Wildman–Crippen LogP) is 26.1. The number of aromatic nitrogens is 12. The van der Waals surface area contributed by atoms with Crippen molar-refractivity contribution in [1.29, 1.82) is 0 Å². The van der Waals surface area contributed by atoms with Gasteiger partial charge in [0.15, 0.2) is 29.1 Å². The highest BCUT2D eigenvalue weighted by Gasteiger charge is 2.38. The third-order valence-corrected chi connectivity index (χ3v) is 27.5. The Labute approximate surface area is 693 Å². The second-order valence-electron chi connectivity index (χ2n) is 31.7. The summed E-state index contributed by atoms with van der Waals surface area (Å²) in [5.41, 5.74) is 23.4. The minimum atomic E-state index is -1.42. The van der Waals surface area contributed by atoms with Crippen LogP contribution in [0.3, 0.4) is 0 Å². The summed E-state index contributed by atoms with van der Waals surface area (Å²) in [6, 6.07) is 112. The summed E-state index contributed by atoms with van der Waals surface area (Å²) in [6.07, 6.45) is 6.27. The van der Waals surface area contributed by atoms with Gasteiger partial charge in [0.1, 0.15) is 36.5 Å². The molecule has 13 nitrogen and oxygen atoms in total. The van der Waals surface area contributed by atoms with Crippen molar-refractivity contribution in [2.75, 3.05) is 0 Å². The molecule has 566 valence electrons. The third-order valence-electron chi connectivity index (χ3n) is 23.4. The molecule has 0 bridgehead atoms. The van der Waals surface area contributed by atoms with Gasteiger partial charge >= 0.3 is 0 Å². The lowest BCUT2D eigenvalue weighted by molar-refractivity contribution is 0.666. The van der Waals surface area contributed by atoms with Crippen molar-refractivity contribution in [3.8, 4) is 95.6 Å². The Morgan fingerprint density at radius 3 is 1.36 bits per heavy atom. The second-order valence-corrected chi connectivity index (χ2v) is 38.8. The molecule has 1 aliphatic rings. The van der Waals surface area contributed by atoms with Gasteiger partial charge in [-0.2, -0.15) is 0 Å². The maximum absolute atomic E-state index is 6.57. The predicted molar refractivity (Wildman–Crippen MR) is 494 cm³/mol. The van der Waals surface area contributed by atoms with Crippen molar-refractivity contribution in [3.05, 3.63) is 357 Å². The van der Waals surface area contributed by atoms with Crippen molar-refractivity contribution >= 4 is 143 Å². The lowest BCUT2D eigenvalue weighted by atomic mass is 9.80. The number of hydrogen-bond donors (Lipinski definition) is 0. The summed E-state index contributed by atoms with van der Waals surface area (Å²) >= 11 is 3.67. The summed E-state index contributed by atoms with van der Waals surface area (Å²) < 4.78 is 16.3. The van der Waals surface area contributed by atoms with Gasteiger partial charge in [-0.25, -0.2) is 44.9 Å². The first-order chi connectivity index (χ1) is 58.4. The SMILES string of the molecule is CC1(C)c2ccccc2-c2ccc3c(c21)c1ccc(-c2ncnc(-c4ccccc4)n2)cc1n3-c1ccccc1.C[Si](C)(C)c1ccc2c(c1)sc1c2ccc2c1c1ccc(-c3ncnc(-c4ccccc4)n3)cc1n2-c1ccccc1.c1ccc(-n2c3cc(-c4ncncn4)ccc3c3c4oc5ccc(-c6cccs6)cc5c4ccc32)cc1. The average molecular weight is 1590 g/mol. The van der Waals surface area contributed by atoms with Crippen LogP contribution in [0, 0.1) is 0 Å². The topological polar surface area (TPSA) is 144 Å². The molecule has 0 saturated carbocycles. The van der Waals surface area contributed by atoms with Crippen molar-refractivity contribution in [2.24, 2.45) is 0 Å². The number of hydrogen-bond acceptors (Lipinski definition) is 12. The monoisotopic (exact) mass is 1580 g/mol. The molecule has 16 heteroatoms.